The monoisotopic (exact) mass is 473 g/mol. The standard InChI is InChI=1S/C26H20ClN3O2S/c1-17-7-5-6-10-22(17)29-24(31)21(16-28)26-30(20-8-3-2-4-9-20)25(32)23(33-26)15-18-11-13-19(27)14-12-18/h2-14,23H,15H2,1H3,(H,29,31)/b26-21-/t23-/m0/s1. The van der Waals surface area contributed by atoms with Crippen LogP contribution in [-0.2, 0) is 16.0 Å². The molecular weight excluding hydrogens is 454 g/mol. The highest BCUT2D eigenvalue weighted by atomic mass is 35.5. The molecule has 0 saturated carbocycles. The molecule has 1 atom stereocenters. The van der Waals surface area contributed by atoms with Gasteiger partial charge in [-0.3, -0.25) is 14.5 Å². The minimum Gasteiger partial charge on any atom is -0.321 e. The van der Waals surface area contributed by atoms with Crippen LogP contribution in [-0.4, -0.2) is 17.1 Å². The highest BCUT2D eigenvalue weighted by Crippen LogP contribution is 2.42. The maximum atomic E-state index is 13.4. The number of amides is 2. The summed E-state index contributed by atoms with van der Waals surface area (Å²) < 4.78 is 0. The lowest BCUT2D eigenvalue weighted by atomic mass is 10.1. The summed E-state index contributed by atoms with van der Waals surface area (Å²) in [6.07, 6.45) is 0.450. The fourth-order valence-corrected chi connectivity index (χ4v) is 4.97. The largest absolute Gasteiger partial charge is 0.321 e. The number of thioether (sulfide) groups is 1. The molecular formula is C26H20ClN3O2S. The average Bonchev–Trinajstić information content (AvgIpc) is 3.13. The molecule has 0 bridgehead atoms. The van der Waals surface area contributed by atoms with Gasteiger partial charge in [-0.2, -0.15) is 5.26 Å². The van der Waals surface area contributed by atoms with Gasteiger partial charge in [0.1, 0.15) is 16.7 Å². The van der Waals surface area contributed by atoms with Crippen molar-refractivity contribution in [2.24, 2.45) is 0 Å². The summed E-state index contributed by atoms with van der Waals surface area (Å²) in [5.41, 5.74) is 2.96. The topological polar surface area (TPSA) is 73.2 Å². The van der Waals surface area contributed by atoms with Gasteiger partial charge >= 0.3 is 0 Å². The summed E-state index contributed by atoms with van der Waals surface area (Å²) in [7, 11) is 0. The zero-order valence-corrected chi connectivity index (χ0v) is 19.4. The van der Waals surface area contributed by atoms with E-state index in [1.54, 1.807) is 30.3 Å². The first-order valence-corrected chi connectivity index (χ1v) is 11.5. The second-order valence-electron chi connectivity index (χ2n) is 7.51. The van der Waals surface area contributed by atoms with Crippen molar-refractivity contribution in [3.05, 3.63) is 106 Å². The molecule has 0 aromatic heterocycles. The zero-order chi connectivity index (χ0) is 23.4. The Kier molecular flexibility index (Phi) is 6.83. The average molecular weight is 474 g/mol. The minimum atomic E-state index is -0.546. The van der Waals surface area contributed by atoms with Crippen molar-refractivity contribution in [1.29, 1.82) is 5.26 Å². The van der Waals surface area contributed by atoms with Gasteiger partial charge in [-0.25, -0.2) is 0 Å². The molecule has 0 aliphatic carbocycles. The summed E-state index contributed by atoms with van der Waals surface area (Å²) in [5, 5.41) is 13.2. The van der Waals surface area contributed by atoms with E-state index in [9.17, 15) is 14.9 Å². The predicted octanol–water partition coefficient (Wildman–Crippen LogP) is 5.71. The highest BCUT2D eigenvalue weighted by molar-refractivity contribution is 8.05. The van der Waals surface area contributed by atoms with Crippen molar-refractivity contribution in [2.75, 3.05) is 10.2 Å². The van der Waals surface area contributed by atoms with Crippen molar-refractivity contribution in [3.63, 3.8) is 0 Å². The molecule has 1 fully saturated rings. The molecule has 0 spiro atoms. The number of nitrogens with zero attached hydrogens (tertiary/aromatic N) is 2. The Bertz CT molecular complexity index is 1270. The normalized spacial score (nSPS) is 16.9. The molecule has 1 heterocycles. The van der Waals surface area contributed by atoms with Gasteiger partial charge in [-0.15, -0.1) is 0 Å². The lowest BCUT2D eigenvalue weighted by Crippen LogP contribution is -2.30. The third-order valence-corrected chi connectivity index (χ3v) is 6.76. The van der Waals surface area contributed by atoms with Gasteiger partial charge in [0, 0.05) is 16.4 Å². The van der Waals surface area contributed by atoms with Crippen LogP contribution in [0.5, 0.6) is 0 Å². The van der Waals surface area contributed by atoms with Crippen molar-refractivity contribution < 1.29 is 9.59 Å². The molecule has 3 aromatic rings. The van der Waals surface area contributed by atoms with E-state index in [1.807, 2.05) is 61.5 Å². The first-order chi connectivity index (χ1) is 16.0. The van der Waals surface area contributed by atoms with Crippen LogP contribution in [0.4, 0.5) is 11.4 Å². The number of rotatable bonds is 5. The number of hydrogen-bond acceptors (Lipinski definition) is 4. The third kappa shape index (κ3) is 4.95. The van der Waals surface area contributed by atoms with Crippen LogP contribution >= 0.6 is 23.4 Å². The molecule has 5 nitrogen and oxygen atoms in total. The van der Waals surface area contributed by atoms with Crippen LogP contribution < -0.4 is 10.2 Å². The second kappa shape index (κ2) is 9.95. The quantitative estimate of drug-likeness (QED) is 0.380. The van der Waals surface area contributed by atoms with E-state index in [0.717, 1.165) is 11.1 Å². The van der Waals surface area contributed by atoms with Crippen LogP contribution in [0.2, 0.25) is 5.02 Å². The van der Waals surface area contributed by atoms with Gasteiger partial charge in [-0.1, -0.05) is 71.9 Å². The van der Waals surface area contributed by atoms with E-state index in [2.05, 4.69) is 5.32 Å². The second-order valence-corrected chi connectivity index (χ2v) is 9.14. The molecule has 0 unspecified atom stereocenters. The molecule has 1 N–H and O–H groups in total. The van der Waals surface area contributed by atoms with Crippen molar-refractivity contribution in [2.45, 2.75) is 18.6 Å². The Labute approximate surface area is 201 Å². The van der Waals surface area contributed by atoms with Crippen molar-refractivity contribution in [3.8, 4) is 6.07 Å². The molecule has 4 rings (SSSR count). The SMILES string of the molecule is Cc1ccccc1NC(=O)/C(C#N)=C1\S[C@@H](Cc2ccc(Cl)cc2)C(=O)N1c1ccccc1. The summed E-state index contributed by atoms with van der Waals surface area (Å²) in [6, 6.07) is 25.7. The maximum absolute atomic E-state index is 13.4. The first kappa shape index (κ1) is 22.7. The maximum Gasteiger partial charge on any atom is 0.269 e. The number of carbonyl (C=O) groups is 2. The molecule has 3 aromatic carbocycles. The van der Waals surface area contributed by atoms with E-state index in [4.69, 9.17) is 11.6 Å². The Morgan fingerprint density at radius 2 is 1.73 bits per heavy atom. The van der Waals surface area contributed by atoms with E-state index in [-0.39, 0.29) is 11.5 Å². The Balaban J connectivity index is 1.72. The number of carbonyl (C=O) groups excluding carboxylic acids is 2. The van der Waals surface area contributed by atoms with Gasteiger partial charge < -0.3 is 5.32 Å². The summed E-state index contributed by atoms with van der Waals surface area (Å²) in [5.74, 6) is -0.720. The third-order valence-electron chi connectivity index (χ3n) is 5.25. The van der Waals surface area contributed by atoms with Crippen LogP contribution in [0.15, 0.2) is 89.5 Å². The van der Waals surface area contributed by atoms with E-state index in [1.165, 1.54) is 16.7 Å². The van der Waals surface area contributed by atoms with Crippen LogP contribution in [0.3, 0.4) is 0 Å². The van der Waals surface area contributed by atoms with E-state index >= 15 is 0 Å². The fraction of sp³-hybridized carbons (Fsp3) is 0.115. The molecule has 164 valence electrons. The fourth-order valence-electron chi connectivity index (χ4n) is 3.53. The van der Waals surface area contributed by atoms with Crippen molar-refractivity contribution in [1.82, 2.24) is 0 Å². The first-order valence-electron chi connectivity index (χ1n) is 10.3. The number of para-hydroxylation sites is 2. The Hall–Kier alpha value is -3.53. The number of nitrogens with one attached hydrogen (secondary N) is 1. The van der Waals surface area contributed by atoms with Gasteiger partial charge in [-0.05, 0) is 54.8 Å². The molecule has 1 aliphatic rings. The number of hydrogen-bond donors (Lipinski definition) is 1. The molecule has 7 heteroatoms. The molecule has 1 saturated heterocycles. The predicted molar refractivity (Wildman–Crippen MR) is 133 cm³/mol. The summed E-state index contributed by atoms with van der Waals surface area (Å²) in [4.78, 5) is 28.0. The lowest BCUT2D eigenvalue weighted by molar-refractivity contribution is -0.117. The van der Waals surface area contributed by atoms with Gasteiger partial charge in [0.25, 0.3) is 5.91 Å². The van der Waals surface area contributed by atoms with Crippen LogP contribution in [0, 0.1) is 18.3 Å². The molecule has 0 radical (unpaired) electrons. The van der Waals surface area contributed by atoms with Crippen molar-refractivity contribution >= 4 is 46.6 Å². The van der Waals surface area contributed by atoms with Gasteiger partial charge in [0.05, 0.1) is 5.25 Å². The van der Waals surface area contributed by atoms with E-state index < -0.39 is 11.2 Å². The lowest BCUT2D eigenvalue weighted by Gasteiger charge is -2.18. The molecule has 33 heavy (non-hydrogen) atoms. The van der Waals surface area contributed by atoms with E-state index in [0.29, 0.717) is 27.8 Å². The van der Waals surface area contributed by atoms with Gasteiger partial charge in [0.2, 0.25) is 5.91 Å². The zero-order valence-electron chi connectivity index (χ0n) is 17.8. The Morgan fingerprint density at radius 1 is 1.06 bits per heavy atom. The number of nitriles is 1. The summed E-state index contributed by atoms with van der Waals surface area (Å²) >= 11 is 7.22. The highest BCUT2D eigenvalue weighted by Gasteiger charge is 2.40. The molecule has 2 amide bonds. The number of aryl methyl sites for hydroxylation is 1. The molecule has 1 aliphatic heterocycles. The minimum absolute atomic E-state index is 0.0981. The Morgan fingerprint density at radius 3 is 2.39 bits per heavy atom. The number of anilines is 2. The number of halogens is 1. The summed E-state index contributed by atoms with van der Waals surface area (Å²) in [6.45, 7) is 1.88. The smallest absolute Gasteiger partial charge is 0.269 e. The number of benzene rings is 3. The van der Waals surface area contributed by atoms with Crippen LogP contribution in [0.1, 0.15) is 11.1 Å². The van der Waals surface area contributed by atoms with Crippen LogP contribution in [0.25, 0.3) is 0 Å². The van der Waals surface area contributed by atoms with Gasteiger partial charge in [0.15, 0.2) is 0 Å².